The predicted octanol–water partition coefficient (Wildman–Crippen LogP) is 1.50. The van der Waals surface area contributed by atoms with E-state index in [0.717, 1.165) is 6.42 Å². The zero-order chi connectivity index (χ0) is 8.20. The lowest BCUT2D eigenvalue weighted by Gasteiger charge is -2.25. The van der Waals surface area contributed by atoms with E-state index >= 15 is 0 Å². The number of ether oxygens (including phenoxy) is 1. The van der Waals surface area contributed by atoms with E-state index < -0.39 is 0 Å². The number of nitrogens with one attached hydrogen (secondary N) is 1. The summed E-state index contributed by atoms with van der Waals surface area (Å²) in [6, 6.07) is 0.301. The first-order chi connectivity index (χ1) is 4.52. The molecule has 0 fully saturated rings. The Morgan fingerprint density at radius 1 is 1.42 bits per heavy atom. The lowest BCUT2D eigenvalue weighted by Crippen LogP contribution is -2.39. The van der Waals surface area contributed by atoms with Crippen LogP contribution in [0.5, 0.6) is 0 Å². The molecule has 0 radical (unpaired) electrons. The number of hydrazine groups is 1. The van der Waals surface area contributed by atoms with Crippen LogP contribution in [0.3, 0.4) is 0 Å². The van der Waals surface area contributed by atoms with Crippen LogP contribution in [0.25, 0.3) is 0 Å². The van der Waals surface area contributed by atoms with Gasteiger partial charge in [-0.25, -0.2) is 0 Å². The Labute approximate surface area is 87.2 Å². The van der Waals surface area contributed by atoms with Crippen LogP contribution in [-0.2, 0) is 4.74 Å². The largest absolute Gasteiger partial charge is 0.379 e. The van der Waals surface area contributed by atoms with E-state index in [-0.39, 0.29) is 30.4 Å². The zero-order valence-corrected chi connectivity index (χ0v) is 9.72. The molecule has 78 valence electrons. The summed E-state index contributed by atoms with van der Waals surface area (Å²) < 4.78 is 5.21. The molecular formula is C7H20Cl2N2O. The van der Waals surface area contributed by atoms with E-state index in [0.29, 0.717) is 6.04 Å². The van der Waals surface area contributed by atoms with Gasteiger partial charge in [0.2, 0.25) is 0 Å². The van der Waals surface area contributed by atoms with Gasteiger partial charge in [-0.2, -0.15) is 0 Å². The van der Waals surface area contributed by atoms with Crippen LogP contribution in [0.4, 0.5) is 0 Å². The van der Waals surface area contributed by atoms with E-state index in [2.05, 4.69) is 5.43 Å². The first kappa shape index (κ1) is 18.3. The van der Waals surface area contributed by atoms with Gasteiger partial charge in [-0.1, -0.05) is 0 Å². The number of nitrogens with two attached hydrogens (primary N) is 1. The van der Waals surface area contributed by atoms with Crippen LogP contribution >= 0.6 is 24.8 Å². The lowest BCUT2D eigenvalue weighted by atomic mass is 10.0. The Morgan fingerprint density at radius 3 is 2.08 bits per heavy atom. The van der Waals surface area contributed by atoms with Crippen LogP contribution in [0.2, 0.25) is 0 Å². The van der Waals surface area contributed by atoms with Crippen LogP contribution < -0.4 is 11.3 Å². The molecule has 0 saturated heterocycles. The molecular weight excluding hydrogens is 199 g/mol. The minimum absolute atomic E-state index is 0. The maximum atomic E-state index is 5.23. The molecule has 0 saturated carbocycles. The Morgan fingerprint density at radius 2 is 1.83 bits per heavy atom. The number of hydrogen-bond donors (Lipinski definition) is 2. The van der Waals surface area contributed by atoms with E-state index in [1.807, 2.05) is 20.8 Å². The van der Waals surface area contributed by atoms with E-state index in [1.54, 1.807) is 7.11 Å². The van der Waals surface area contributed by atoms with Crippen LogP contribution in [0, 0.1) is 0 Å². The Balaban J connectivity index is -0.000000405. The lowest BCUT2D eigenvalue weighted by molar-refractivity contribution is 0.00859. The summed E-state index contributed by atoms with van der Waals surface area (Å²) in [7, 11) is 1.71. The highest BCUT2D eigenvalue weighted by Crippen LogP contribution is 2.14. The van der Waals surface area contributed by atoms with Crippen molar-refractivity contribution in [2.75, 3.05) is 7.11 Å². The number of methoxy groups -OCH3 is 1. The van der Waals surface area contributed by atoms with Crippen molar-refractivity contribution in [1.82, 2.24) is 5.43 Å². The normalized spacial score (nSPS) is 12.8. The molecule has 0 aromatic carbocycles. The minimum Gasteiger partial charge on any atom is -0.379 e. The summed E-state index contributed by atoms with van der Waals surface area (Å²) in [6.07, 6.45) is 0.917. The molecule has 0 aromatic rings. The molecule has 0 amide bonds. The smallest absolute Gasteiger partial charge is 0.0638 e. The van der Waals surface area contributed by atoms with Gasteiger partial charge in [0, 0.05) is 13.2 Å². The summed E-state index contributed by atoms with van der Waals surface area (Å²) in [6.45, 7) is 6.11. The Kier molecular flexibility index (Phi) is 12.3. The van der Waals surface area contributed by atoms with E-state index in [1.165, 1.54) is 0 Å². The van der Waals surface area contributed by atoms with Crippen LogP contribution in [-0.4, -0.2) is 18.8 Å². The quantitative estimate of drug-likeness (QED) is 0.556. The fourth-order valence-electron chi connectivity index (χ4n) is 0.880. The molecule has 0 rings (SSSR count). The zero-order valence-electron chi connectivity index (χ0n) is 8.09. The Hall–Kier alpha value is 0.460. The second kappa shape index (κ2) is 8.08. The van der Waals surface area contributed by atoms with Crippen molar-refractivity contribution in [2.24, 2.45) is 5.84 Å². The highest BCUT2D eigenvalue weighted by atomic mass is 35.5. The molecule has 3 N–H and O–H groups in total. The molecule has 12 heavy (non-hydrogen) atoms. The third-order valence-electron chi connectivity index (χ3n) is 1.63. The Bertz CT molecular complexity index is 101. The van der Waals surface area contributed by atoms with Gasteiger partial charge in [0.25, 0.3) is 0 Å². The third-order valence-corrected chi connectivity index (χ3v) is 1.63. The number of hydrogen-bond acceptors (Lipinski definition) is 3. The monoisotopic (exact) mass is 218 g/mol. The van der Waals surface area contributed by atoms with E-state index in [4.69, 9.17) is 10.6 Å². The molecule has 5 heteroatoms. The molecule has 1 unspecified atom stereocenters. The second-order valence-electron chi connectivity index (χ2n) is 3.24. The maximum Gasteiger partial charge on any atom is 0.0638 e. The highest BCUT2D eigenvalue weighted by molar-refractivity contribution is 5.85. The summed E-state index contributed by atoms with van der Waals surface area (Å²) in [5.41, 5.74) is 2.60. The van der Waals surface area contributed by atoms with Crippen molar-refractivity contribution >= 4 is 24.8 Å². The molecule has 1 atom stereocenters. The third kappa shape index (κ3) is 8.56. The molecule has 0 bridgehead atoms. The van der Waals surface area contributed by atoms with Crippen molar-refractivity contribution < 1.29 is 4.74 Å². The highest BCUT2D eigenvalue weighted by Gasteiger charge is 2.18. The van der Waals surface area contributed by atoms with Crippen molar-refractivity contribution in [1.29, 1.82) is 0 Å². The van der Waals surface area contributed by atoms with Crippen molar-refractivity contribution in [3.8, 4) is 0 Å². The first-order valence-electron chi connectivity index (χ1n) is 3.53. The number of halogens is 2. The fourth-order valence-corrected chi connectivity index (χ4v) is 0.880. The van der Waals surface area contributed by atoms with Crippen molar-refractivity contribution in [3.05, 3.63) is 0 Å². The predicted molar refractivity (Wildman–Crippen MR) is 57.0 cm³/mol. The molecule has 0 aliphatic rings. The summed E-state index contributed by atoms with van der Waals surface area (Å²) in [5.74, 6) is 5.23. The van der Waals surface area contributed by atoms with Gasteiger partial charge in [-0.15, -0.1) is 24.8 Å². The van der Waals surface area contributed by atoms with Gasteiger partial charge in [-0.05, 0) is 27.2 Å². The topological polar surface area (TPSA) is 47.3 Å². The van der Waals surface area contributed by atoms with E-state index in [9.17, 15) is 0 Å². The van der Waals surface area contributed by atoms with Gasteiger partial charge in [0.05, 0.1) is 5.60 Å². The van der Waals surface area contributed by atoms with Gasteiger partial charge >= 0.3 is 0 Å². The first-order valence-corrected chi connectivity index (χ1v) is 3.53. The van der Waals surface area contributed by atoms with Crippen LogP contribution in [0.1, 0.15) is 27.2 Å². The average molecular weight is 219 g/mol. The molecule has 0 heterocycles. The SMILES string of the molecule is COC(C)(C)CC(C)NN.Cl.Cl. The van der Waals surface area contributed by atoms with Crippen molar-refractivity contribution in [3.63, 3.8) is 0 Å². The summed E-state index contributed by atoms with van der Waals surface area (Å²) in [4.78, 5) is 0. The van der Waals surface area contributed by atoms with Crippen LogP contribution in [0.15, 0.2) is 0 Å². The second-order valence-corrected chi connectivity index (χ2v) is 3.24. The average Bonchev–Trinajstić information content (AvgIpc) is 1.87. The molecule has 0 aromatic heterocycles. The molecule has 0 spiro atoms. The number of rotatable bonds is 4. The van der Waals surface area contributed by atoms with Gasteiger partial charge in [0.15, 0.2) is 0 Å². The molecule has 3 nitrogen and oxygen atoms in total. The summed E-state index contributed by atoms with van der Waals surface area (Å²) >= 11 is 0. The fraction of sp³-hybridized carbons (Fsp3) is 1.00. The molecule has 0 aliphatic carbocycles. The minimum atomic E-state index is -0.0776. The van der Waals surface area contributed by atoms with Gasteiger partial charge in [-0.3, -0.25) is 11.3 Å². The molecule has 0 aliphatic heterocycles. The van der Waals surface area contributed by atoms with Crippen molar-refractivity contribution in [2.45, 2.75) is 38.8 Å². The van der Waals surface area contributed by atoms with Gasteiger partial charge in [0.1, 0.15) is 0 Å². The standard InChI is InChI=1S/C7H18N2O.2ClH/c1-6(9-8)5-7(2,3)10-4;;/h6,9H,5,8H2,1-4H3;2*1H. The summed E-state index contributed by atoms with van der Waals surface area (Å²) in [5, 5.41) is 0. The van der Waals surface area contributed by atoms with Gasteiger partial charge < -0.3 is 4.74 Å². The maximum absolute atomic E-state index is 5.23.